The molecule has 2 aromatic carbocycles. The van der Waals surface area contributed by atoms with Crippen LogP contribution in [-0.4, -0.2) is 156 Å². The van der Waals surface area contributed by atoms with E-state index in [1.165, 1.54) is 32.0 Å². The van der Waals surface area contributed by atoms with Crippen LogP contribution in [0.25, 0.3) is 0 Å². The van der Waals surface area contributed by atoms with E-state index in [4.69, 9.17) is 33.2 Å². The van der Waals surface area contributed by atoms with Gasteiger partial charge in [0.1, 0.15) is 89.6 Å². The molecule has 0 amide bonds. The van der Waals surface area contributed by atoms with Crippen molar-refractivity contribution >= 4 is 5.78 Å². The van der Waals surface area contributed by atoms with Gasteiger partial charge in [0.25, 0.3) is 0 Å². The van der Waals surface area contributed by atoms with Gasteiger partial charge in [-0.15, -0.1) is 0 Å². The maximum Gasteiger partial charge on any atom is 0.229 e. The third-order valence-electron chi connectivity index (χ3n) is 9.47. The SMILES string of the molecule is CC1O[C@@H](OCC2O[C@@H](Oc3cc(O)c4c(c3)OC(c3ccc(O)cc3)CC4=O)C(O[C@@H]3OC(C)[C@H](O)C(O)[C@@H]3O)[C@@H](O)[C@@H]2O)[C@@H](O)C(O)[C@H]1O. The van der Waals surface area contributed by atoms with Crippen LogP contribution >= 0.6 is 0 Å². The largest absolute Gasteiger partial charge is 0.508 e. The molecule has 51 heavy (non-hydrogen) atoms. The number of ketones is 1. The summed E-state index contributed by atoms with van der Waals surface area (Å²) in [4.78, 5) is 13.1. The molecule has 0 spiro atoms. The predicted octanol–water partition coefficient (Wildman–Crippen LogP) is -2.31. The summed E-state index contributed by atoms with van der Waals surface area (Å²) < 4.78 is 40.3. The van der Waals surface area contributed by atoms with Crippen LogP contribution in [0.4, 0.5) is 0 Å². The highest BCUT2D eigenvalue weighted by molar-refractivity contribution is 6.02. The molecule has 0 aromatic heterocycles. The number of fused-ring (bicyclic) bond motifs is 1. The van der Waals surface area contributed by atoms with Gasteiger partial charge in [0.2, 0.25) is 6.29 Å². The van der Waals surface area contributed by atoms with E-state index in [2.05, 4.69) is 0 Å². The van der Waals surface area contributed by atoms with E-state index in [-0.39, 0.29) is 29.2 Å². The Kier molecular flexibility index (Phi) is 11.1. The number of phenolic OH excluding ortho intramolecular Hbond substituents is 2. The maximum absolute atomic E-state index is 13.1. The monoisotopic (exact) mass is 726 g/mol. The minimum absolute atomic E-state index is 0.00886. The third-order valence-corrected chi connectivity index (χ3v) is 9.47. The lowest BCUT2D eigenvalue weighted by Gasteiger charge is -2.46. The summed E-state index contributed by atoms with van der Waals surface area (Å²) in [6.45, 7) is 2.27. The molecule has 0 aliphatic carbocycles. The number of aliphatic hydroxyl groups excluding tert-OH is 8. The Bertz CT molecular complexity index is 1520. The van der Waals surface area contributed by atoms with Crippen LogP contribution in [0.1, 0.15) is 42.3 Å². The van der Waals surface area contributed by atoms with Crippen LogP contribution in [0.2, 0.25) is 0 Å². The van der Waals surface area contributed by atoms with Crippen LogP contribution in [-0.2, 0) is 23.7 Å². The first kappa shape index (κ1) is 37.5. The molecular formula is C33H42O18. The Morgan fingerprint density at radius 1 is 0.706 bits per heavy atom. The molecule has 3 fully saturated rings. The quantitative estimate of drug-likeness (QED) is 0.137. The Balaban J connectivity index is 1.26. The second kappa shape index (κ2) is 15.0. The Morgan fingerprint density at radius 2 is 1.31 bits per heavy atom. The van der Waals surface area contributed by atoms with Crippen LogP contribution < -0.4 is 9.47 Å². The van der Waals surface area contributed by atoms with E-state index < -0.39 is 116 Å². The number of ether oxygens (including phenoxy) is 7. The number of Topliss-reactive ketones (excluding diaryl/α,β-unsaturated/α-hetero) is 1. The first-order valence-electron chi connectivity index (χ1n) is 16.3. The minimum atomic E-state index is -1.88. The number of hydrogen-bond donors (Lipinski definition) is 10. The van der Waals surface area contributed by atoms with Crippen LogP contribution in [0.5, 0.6) is 23.0 Å². The van der Waals surface area contributed by atoms with Gasteiger partial charge in [-0.25, -0.2) is 0 Å². The van der Waals surface area contributed by atoms with Crippen LogP contribution in [0.3, 0.4) is 0 Å². The lowest BCUT2D eigenvalue weighted by atomic mass is 9.95. The Morgan fingerprint density at radius 3 is 1.96 bits per heavy atom. The molecule has 2 aromatic rings. The molecule has 4 aliphatic rings. The number of carbonyl (C=O) groups excluding carboxylic acids is 1. The molecule has 16 atom stereocenters. The van der Waals surface area contributed by atoms with Gasteiger partial charge in [-0.2, -0.15) is 0 Å². The lowest BCUT2D eigenvalue weighted by Crippen LogP contribution is -2.65. The average molecular weight is 727 g/mol. The first-order chi connectivity index (χ1) is 24.1. The molecule has 7 unspecified atom stereocenters. The van der Waals surface area contributed by atoms with Crippen molar-refractivity contribution in [2.45, 2.75) is 118 Å². The molecule has 3 saturated heterocycles. The third kappa shape index (κ3) is 7.51. The van der Waals surface area contributed by atoms with Crippen molar-refractivity contribution < 1.29 is 89.0 Å². The lowest BCUT2D eigenvalue weighted by molar-refractivity contribution is -0.360. The molecule has 4 aliphatic heterocycles. The standard InChI is InChI=1S/C33H42O18/c1-11-22(37)25(40)28(43)31(46-11)45-10-20-24(39)27(42)30(51-32-29(44)26(41)23(38)12(2)47-32)33(50-20)48-15-7-16(35)21-17(36)9-18(49-19(21)8-15)13-3-5-14(34)6-4-13/h3-8,11-12,18,20,22-35,37-44H,9-10H2,1-2H3/t11?,12?,18?,20?,22-,23-,24+,25?,26?,27-,28-,29-,30?,31+,32-,33+/m0/s1. The van der Waals surface area contributed by atoms with Crippen molar-refractivity contribution in [3.63, 3.8) is 0 Å². The topological polar surface area (TPSA) is 284 Å². The number of benzene rings is 2. The summed E-state index contributed by atoms with van der Waals surface area (Å²) in [7, 11) is 0. The number of hydrogen-bond acceptors (Lipinski definition) is 18. The van der Waals surface area contributed by atoms with Gasteiger partial charge in [-0.3, -0.25) is 4.79 Å². The van der Waals surface area contributed by atoms with Gasteiger partial charge < -0.3 is 84.2 Å². The van der Waals surface area contributed by atoms with Gasteiger partial charge >= 0.3 is 0 Å². The number of aromatic hydroxyl groups is 2. The summed E-state index contributed by atoms with van der Waals surface area (Å²) >= 11 is 0. The molecule has 10 N–H and O–H groups in total. The fourth-order valence-electron chi connectivity index (χ4n) is 6.40. The van der Waals surface area contributed by atoms with Gasteiger partial charge in [0, 0.05) is 12.1 Å². The van der Waals surface area contributed by atoms with E-state index in [0.29, 0.717) is 5.56 Å². The first-order valence-corrected chi connectivity index (χ1v) is 16.3. The zero-order chi connectivity index (χ0) is 36.9. The fourth-order valence-corrected chi connectivity index (χ4v) is 6.40. The van der Waals surface area contributed by atoms with Gasteiger partial charge in [0.05, 0.1) is 25.2 Å². The van der Waals surface area contributed by atoms with Crippen LogP contribution in [0.15, 0.2) is 36.4 Å². The molecule has 4 heterocycles. The van der Waals surface area contributed by atoms with E-state index >= 15 is 0 Å². The van der Waals surface area contributed by atoms with Crippen molar-refractivity contribution in [1.82, 2.24) is 0 Å². The summed E-state index contributed by atoms with van der Waals surface area (Å²) in [5.41, 5.74) is 0.446. The highest BCUT2D eigenvalue weighted by Gasteiger charge is 2.52. The van der Waals surface area contributed by atoms with E-state index in [9.17, 15) is 55.9 Å². The Hall–Kier alpha value is -3.21. The van der Waals surface area contributed by atoms with Crippen molar-refractivity contribution in [3.8, 4) is 23.0 Å². The second-order valence-electron chi connectivity index (χ2n) is 13.1. The van der Waals surface area contributed by atoms with E-state index in [0.717, 1.165) is 6.07 Å². The van der Waals surface area contributed by atoms with E-state index in [1.807, 2.05) is 0 Å². The number of phenols is 2. The van der Waals surface area contributed by atoms with Crippen molar-refractivity contribution in [2.75, 3.05) is 6.61 Å². The zero-order valence-corrected chi connectivity index (χ0v) is 27.4. The average Bonchev–Trinajstić information content (AvgIpc) is 3.09. The summed E-state index contributed by atoms with van der Waals surface area (Å²) in [6, 6.07) is 8.36. The summed E-state index contributed by atoms with van der Waals surface area (Å²) in [6.07, 6.45) is -24.2. The maximum atomic E-state index is 13.1. The molecule has 0 saturated carbocycles. The minimum Gasteiger partial charge on any atom is -0.508 e. The molecule has 18 nitrogen and oxygen atoms in total. The highest BCUT2D eigenvalue weighted by Crippen LogP contribution is 2.43. The number of rotatable bonds is 8. The fraction of sp³-hybridized carbons (Fsp3) is 0.606. The zero-order valence-electron chi connectivity index (χ0n) is 27.4. The van der Waals surface area contributed by atoms with Crippen molar-refractivity contribution in [1.29, 1.82) is 0 Å². The Labute approximate surface area is 290 Å². The summed E-state index contributed by atoms with van der Waals surface area (Å²) in [5.74, 6) is -1.18. The molecule has 282 valence electrons. The molecule has 0 bridgehead atoms. The summed E-state index contributed by atoms with van der Waals surface area (Å²) in [5, 5.41) is 104. The number of aliphatic hydroxyl groups is 8. The highest BCUT2D eigenvalue weighted by atomic mass is 16.8. The van der Waals surface area contributed by atoms with E-state index in [1.54, 1.807) is 12.1 Å². The predicted molar refractivity (Wildman–Crippen MR) is 165 cm³/mol. The van der Waals surface area contributed by atoms with Crippen LogP contribution in [0, 0.1) is 0 Å². The molecule has 0 radical (unpaired) electrons. The van der Waals surface area contributed by atoms with Gasteiger partial charge in [0.15, 0.2) is 24.5 Å². The van der Waals surface area contributed by atoms with Gasteiger partial charge in [-0.05, 0) is 31.5 Å². The smallest absolute Gasteiger partial charge is 0.229 e. The van der Waals surface area contributed by atoms with Crippen molar-refractivity contribution in [2.24, 2.45) is 0 Å². The second-order valence-corrected chi connectivity index (χ2v) is 13.1. The molecule has 6 rings (SSSR count). The molecule has 18 heteroatoms. The van der Waals surface area contributed by atoms with Gasteiger partial charge in [-0.1, -0.05) is 12.1 Å². The number of carbonyl (C=O) groups is 1. The molecular weight excluding hydrogens is 684 g/mol. The normalized spacial score (nSPS) is 41.4. The van der Waals surface area contributed by atoms with Crippen molar-refractivity contribution in [3.05, 3.63) is 47.5 Å².